The van der Waals surface area contributed by atoms with Crippen molar-refractivity contribution in [2.24, 2.45) is 45.3 Å². The average Bonchev–Trinajstić information content (AvgIpc) is 3.09. The summed E-state index contributed by atoms with van der Waals surface area (Å²) < 4.78 is 48.2. The van der Waals surface area contributed by atoms with Crippen molar-refractivity contribution in [2.75, 3.05) is 19.8 Å². The molecule has 8 aliphatic rings. The fraction of sp³-hybridized carbons (Fsp3) is 0.964. The molecule has 30 atom stereocenters. The molecule has 4 aliphatic carbocycles. The van der Waals surface area contributed by atoms with Gasteiger partial charge in [0.1, 0.15) is 91.6 Å². The van der Waals surface area contributed by atoms with Crippen molar-refractivity contribution in [1.82, 2.24) is 0 Å². The number of hydrogen-bond acceptors (Lipinski definition) is 23. The van der Waals surface area contributed by atoms with Crippen LogP contribution in [0.2, 0.25) is 0 Å². The molecule has 0 amide bonds. The van der Waals surface area contributed by atoms with Gasteiger partial charge in [-0.05, 0) is 106 Å². The quantitative estimate of drug-likeness (QED) is 0.0714. The van der Waals surface area contributed by atoms with Crippen LogP contribution in [0.4, 0.5) is 0 Å². The number of ether oxygens (including phenoxy) is 8. The van der Waals surface area contributed by atoms with Crippen LogP contribution in [0.25, 0.3) is 0 Å². The maximum absolute atomic E-state index is 12.7. The van der Waals surface area contributed by atoms with E-state index in [9.17, 15) is 76.6 Å². The van der Waals surface area contributed by atoms with E-state index in [1.807, 2.05) is 0 Å². The number of aliphatic hydroxyl groups is 15. The molecule has 78 heavy (non-hydrogen) atoms. The Morgan fingerprint density at radius 3 is 1.71 bits per heavy atom. The number of fused-ring (bicyclic) bond motifs is 5. The van der Waals surface area contributed by atoms with Crippen LogP contribution < -0.4 is 0 Å². The molecule has 4 saturated heterocycles. The highest BCUT2D eigenvalue weighted by atomic mass is 16.8. The largest absolute Gasteiger partial charge is 0.394 e. The zero-order valence-corrected chi connectivity index (χ0v) is 46.6. The van der Waals surface area contributed by atoms with Gasteiger partial charge in [-0.3, -0.25) is 0 Å². The fourth-order valence-electron chi connectivity index (χ4n) is 15.8. The van der Waals surface area contributed by atoms with Crippen LogP contribution in [0, 0.1) is 45.3 Å². The lowest BCUT2D eigenvalue weighted by Crippen LogP contribution is -2.65. The minimum Gasteiger partial charge on any atom is -0.394 e. The lowest BCUT2D eigenvalue weighted by atomic mass is 9.38. The molecule has 4 aliphatic heterocycles. The Hall–Kier alpha value is -1.18. The highest BCUT2D eigenvalue weighted by molar-refractivity contribution is 5.32. The zero-order chi connectivity index (χ0) is 57.5. The lowest BCUT2D eigenvalue weighted by Gasteiger charge is -2.67. The summed E-state index contributed by atoms with van der Waals surface area (Å²) in [7, 11) is 0. The molecule has 3 saturated carbocycles. The predicted octanol–water partition coefficient (Wildman–Crippen LogP) is -1.81. The molecule has 0 aromatic carbocycles. The highest BCUT2D eigenvalue weighted by Gasteiger charge is 2.70. The van der Waals surface area contributed by atoms with Crippen molar-refractivity contribution >= 4 is 0 Å². The highest BCUT2D eigenvalue weighted by Crippen LogP contribution is 2.75. The van der Waals surface area contributed by atoms with E-state index in [1.54, 1.807) is 20.8 Å². The molecule has 0 spiro atoms. The van der Waals surface area contributed by atoms with Gasteiger partial charge in [-0.1, -0.05) is 60.1 Å². The maximum Gasteiger partial charge on any atom is 0.187 e. The van der Waals surface area contributed by atoms with Crippen molar-refractivity contribution in [3.63, 3.8) is 0 Å². The van der Waals surface area contributed by atoms with E-state index in [0.717, 1.165) is 19.3 Å². The number of hydrogen-bond donors (Lipinski definition) is 15. The van der Waals surface area contributed by atoms with E-state index in [0.29, 0.717) is 25.7 Å². The smallest absolute Gasteiger partial charge is 0.187 e. The Balaban J connectivity index is 0.987. The van der Waals surface area contributed by atoms with Crippen molar-refractivity contribution in [2.45, 2.75) is 267 Å². The monoisotopic (exact) mass is 1120 g/mol. The molecular formula is C55H94O23. The summed E-state index contributed by atoms with van der Waals surface area (Å²) in [5, 5.41) is 163. The number of allylic oxidation sites excluding steroid dienone is 1. The van der Waals surface area contributed by atoms with E-state index in [2.05, 4.69) is 47.6 Å². The molecule has 8 rings (SSSR count). The Labute approximate surface area is 457 Å². The lowest BCUT2D eigenvalue weighted by molar-refractivity contribution is -0.380. The summed E-state index contributed by atoms with van der Waals surface area (Å²) in [6, 6.07) is 0. The molecule has 0 aromatic rings. The second kappa shape index (κ2) is 23.7. The Morgan fingerprint density at radius 2 is 1.14 bits per heavy atom. The van der Waals surface area contributed by atoms with Crippen molar-refractivity contribution < 1.29 is 114 Å². The number of aliphatic hydroxyl groups excluding tert-OH is 14. The van der Waals surface area contributed by atoms with Crippen molar-refractivity contribution in [1.29, 1.82) is 0 Å². The van der Waals surface area contributed by atoms with Crippen LogP contribution in [0.3, 0.4) is 0 Å². The third-order valence-electron chi connectivity index (χ3n) is 21.0. The van der Waals surface area contributed by atoms with Gasteiger partial charge in [0, 0.05) is 10.8 Å². The Bertz CT molecular complexity index is 2020. The van der Waals surface area contributed by atoms with Gasteiger partial charge in [0.15, 0.2) is 25.2 Å². The minimum absolute atomic E-state index is 0.0160. The van der Waals surface area contributed by atoms with Gasteiger partial charge in [-0.2, -0.15) is 0 Å². The molecule has 4 heterocycles. The van der Waals surface area contributed by atoms with Crippen LogP contribution >= 0.6 is 0 Å². The van der Waals surface area contributed by atoms with Crippen molar-refractivity contribution in [3.05, 3.63) is 11.6 Å². The number of rotatable bonds is 17. The fourth-order valence-corrected chi connectivity index (χ4v) is 15.8. The summed E-state index contributed by atoms with van der Waals surface area (Å²) in [6.45, 7) is 16.2. The molecule has 452 valence electrons. The molecule has 23 heteroatoms. The van der Waals surface area contributed by atoms with Crippen LogP contribution in [-0.4, -0.2) is 243 Å². The standard InChI is InChI=1S/C55H94O23/c1-10-27-35(59)39(63)43(67)47(72-27)71-22-30-38(62)42(66)46(78-49-45(69)41(65)37(61)29(21-57)74-49)50(75-30)77-34(52(5,6)70)15-11-23(2)24-17-18-53(7)31-14-12-25-26(55(31,9)32(58)19-54(24,53)8)13-16-33(51(25,3)4)76-48-44(68)40(64)36(60)28(20-56)73-48/h12,23-24,26-50,56-70H,10-11,13-22H2,1-9H3/t23-,24?,26?,27-,28-,29+,30-,31?,32-,33+,34-,35-,36-,37+,38-,39+,40+,41-,42+,43-,44-,45+,46-,47-,48+,49-,50+,53+,54-,55+/m1/s1. The minimum atomic E-state index is -1.91. The van der Waals surface area contributed by atoms with Gasteiger partial charge in [-0.25, -0.2) is 0 Å². The first-order chi connectivity index (χ1) is 36.4. The second-order valence-electron chi connectivity index (χ2n) is 26.1. The molecule has 7 fully saturated rings. The second-order valence-corrected chi connectivity index (χ2v) is 26.1. The summed E-state index contributed by atoms with van der Waals surface area (Å²) in [5.41, 5.74) is -1.99. The van der Waals surface area contributed by atoms with Gasteiger partial charge in [-0.15, -0.1) is 0 Å². The van der Waals surface area contributed by atoms with E-state index in [-0.39, 0.29) is 47.3 Å². The van der Waals surface area contributed by atoms with Crippen LogP contribution in [0.15, 0.2) is 11.6 Å². The molecule has 15 N–H and O–H groups in total. The molecule has 23 nitrogen and oxygen atoms in total. The summed E-state index contributed by atoms with van der Waals surface area (Å²) >= 11 is 0. The van der Waals surface area contributed by atoms with Crippen molar-refractivity contribution in [3.8, 4) is 0 Å². The molecule has 3 unspecified atom stereocenters. The van der Waals surface area contributed by atoms with Gasteiger partial charge in [0.2, 0.25) is 0 Å². The van der Waals surface area contributed by atoms with Crippen LogP contribution in [0.1, 0.15) is 120 Å². The van der Waals surface area contributed by atoms with E-state index in [4.69, 9.17) is 37.9 Å². The molecule has 0 radical (unpaired) electrons. The first kappa shape index (κ1) is 62.9. The molecular weight excluding hydrogens is 1030 g/mol. The van der Waals surface area contributed by atoms with Gasteiger partial charge < -0.3 is 114 Å². The van der Waals surface area contributed by atoms with Crippen LogP contribution in [0.5, 0.6) is 0 Å². The van der Waals surface area contributed by atoms with Gasteiger partial charge in [0.05, 0.1) is 49.8 Å². The summed E-state index contributed by atoms with van der Waals surface area (Å²) in [5.74, 6) is 0.276. The third kappa shape index (κ3) is 11.0. The zero-order valence-electron chi connectivity index (χ0n) is 46.6. The average molecular weight is 1120 g/mol. The SMILES string of the molecule is CC[C@H]1O[C@@H](OC[C@H]2O[C@@H](O[C@H](CC[C@@H](C)C3CC[C@@]4(C)C5CC=C6C(CC[C@H](O[C@@H]7O[C@H](CO)[C@@H](O)[C@H](O)[C@H]7O)C6(C)C)[C@]5(C)[C@H](O)C[C@]34C)C(C)(C)O)[C@H](O[C@H]3O[C@@H](CO)[C@H](O)[C@@H](O)[C@@H]3O)[C@@H](O)[C@@H]2O)[C@H](O)[C@@H](O)[C@@H]1O. The maximum atomic E-state index is 12.7. The van der Waals surface area contributed by atoms with Gasteiger partial charge in [0.25, 0.3) is 0 Å². The Kier molecular flexibility index (Phi) is 19.1. The first-order valence-corrected chi connectivity index (χ1v) is 28.4. The summed E-state index contributed by atoms with van der Waals surface area (Å²) in [4.78, 5) is 0. The van der Waals surface area contributed by atoms with E-state index < -0.39 is 177 Å². The Morgan fingerprint density at radius 1 is 0.615 bits per heavy atom. The van der Waals surface area contributed by atoms with E-state index >= 15 is 0 Å². The topological polar surface area (TPSA) is 377 Å². The molecule has 0 aromatic heterocycles. The third-order valence-corrected chi connectivity index (χ3v) is 21.0. The normalized spacial score (nSPS) is 51.4. The predicted molar refractivity (Wildman–Crippen MR) is 271 cm³/mol. The van der Waals surface area contributed by atoms with Crippen LogP contribution in [-0.2, 0) is 37.9 Å². The first-order valence-electron chi connectivity index (χ1n) is 28.4. The summed E-state index contributed by atoms with van der Waals surface area (Å²) in [6.07, 6.45) is -25.7. The van der Waals surface area contributed by atoms with E-state index in [1.165, 1.54) is 5.57 Å². The molecule has 0 bridgehead atoms. The van der Waals surface area contributed by atoms with Gasteiger partial charge >= 0.3 is 0 Å².